The predicted molar refractivity (Wildman–Crippen MR) is 70.3 cm³/mol. The second kappa shape index (κ2) is 5.38. The summed E-state index contributed by atoms with van der Waals surface area (Å²) in [4.78, 5) is 0.349. The number of hydrogen-bond donors (Lipinski definition) is 1. The first-order chi connectivity index (χ1) is 8.50. The summed E-state index contributed by atoms with van der Waals surface area (Å²) < 4.78 is 28.7. The molecule has 1 aromatic rings. The molecule has 2 atom stereocenters. The summed E-state index contributed by atoms with van der Waals surface area (Å²) >= 11 is 0. The van der Waals surface area contributed by atoms with Gasteiger partial charge in [0.2, 0.25) is 0 Å². The van der Waals surface area contributed by atoms with E-state index in [9.17, 15) is 8.42 Å². The number of sulfone groups is 1. The van der Waals surface area contributed by atoms with Gasteiger partial charge in [0.1, 0.15) is 0 Å². The number of morpholine rings is 1. The number of nitrogens with one attached hydrogen (secondary N) is 1. The minimum atomic E-state index is -3.12. The van der Waals surface area contributed by atoms with Crippen LogP contribution in [0.1, 0.15) is 25.0 Å². The van der Waals surface area contributed by atoms with Gasteiger partial charge >= 0.3 is 0 Å². The van der Waals surface area contributed by atoms with Gasteiger partial charge in [0.15, 0.2) is 9.84 Å². The Hall–Kier alpha value is -0.910. The monoisotopic (exact) mass is 269 g/mol. The molecule has 1 aliphatic heterocycles. The molecule has 4 nitrogen and oxygen atoms in total. The molecule has 5 heteroatoms. The second-order valence-electron chi connectivity index (χ2n) is 4.65. The molecule has 2 rings (SSSR count). The smallest absolute Gasteiger partial charge is 0.175 e. The van der Waals surface area contributed by atoms with Crippen molar-refractivity contribution in [3.05, 3.63) is 29.8 Å². The van der Waals surface area contributed by atoms with Crippen LogP contribution in [0.15, 0.2) is 29.2 Å². The maximum atomic E-state index is 11.4. The van der Waals surface area contributed by atoms with Gasteiger partial charge in [0.05, 0.1) is 17.1 Å². The van der Waals surface area contributed by atoms with Gasteiger partial charge < -0.3 is 10.1 Å². The van der Waals surface area contributed by atoms with E-state index in [2.05, 4.69) is 12.2 Å². The fourth-order valence-electron chi connectivity index (χ4n) is 2.07. The number of rotatable bonds is 3. The van der Waals surface area contributed by atoms with Crippen molar-refractivity contribution < 1.29 is 13.2 Å². The van der Waals surface area contributed by atoms with Crippen molar-refractivity contribution in [3.63, 3.8) is 0 Å². The Morgan fingerprint density at radius 2 is 1.94 bits per heavy atom. The van der Waals surface area contributed by atoms with Gasteiger partial charge in [-0.15, -0.1) is 0 Å². The topological polar surface area (TPSA) is 55.4 Å². The van der Waals surface area contributed by atoms with Crippen molar-refractivity contribution in [1.29, 1.82) is 0 Å². The zero-order valence-electron chi connectivity index (χ0n) is 10.7. The molecule has 1 saturated heterocycles. The molecule has 0 saturated carbocycles. The Balaban J connectivity index is 2.14. The van der Waals surface area contributed by atoms with Crippen LogP contribution in [0.2, 0.25) is 0 Å². The van der Waals surface area contributed by atoms with Crippen molar-refractivity contribution in [2.24, 2.45) is 0 Å². The summed E-state index contributed by atoms with van der Waals surface area (Å²) in [5.74, 6) is 0. The van der Waals surface area contributed by atoms with Crippen LogP contribution in [-0.2, 0) is 14.6 Å². The first-order valence-electron chi connectivity index (χ1n) is 6.17. The van der Waals surface area contributed by atoms with Crippen LogP contribution in [0.5, 0.6) is 0 Å². The Bertz CT molecular complexity index is 495. The molecule has 0 bridgehead atoms. The molecule has 100 valence electrons. The highest BCUT2D eigenvalue weighted by Gasteiger charge is 2.22. The molecule has 0 amide bonds. The second-order valence-corrected chi connectivity index (χ2v) is 6.67. The van der Waals surface area contributed by atoms with Gasteiger partial charge in [-0.2, -0.15) is 0 Å². The number of ether oxygens (including phenoxy) is 1. The summed E-state index contributed by atoms with van der Waals surface area (Å²) in [7, 11) is -3.12. The van der Waals surface area contributed by atoms with Gasteiger partial charge in [-0.05, 0) is 24.1 Å². The summed E-state index contributed by atoms with van der Waals surface area (Å²) in [5, 5.41) is 3.34. The normalized spacial score (nSPS) is 25.0. The Labute approximate surface area is 108 Å². The zero-order chi connectivity index (χ0) is 13.2. The molecule has 0 aromatic heterocycles. The molecule has 1 heterocycles. The Morgan fingerprint density at radius 3 is 2.50 bits per heavy atom. The lowest BCUT2D eigenvalue weighted by atomic mass is 10.1. The van der Waals surface area contributed by atoms with Gasteiger partial charge in [-0.1, -0.05) is 19.1 Å². The van der Waals surface area contributed by atoms with E-state index in [-0.39, 0.29) is 12.2 Å². The third-order valence-electron chi connectivity index (χ3n) is 3.19. The molecule has 1 aromatic carbocycles. The standard InChI is InChI=1S/C13H19NO3S/c1-3-11-8-14-9-13(17-11)10-4-6-12(7-5-10)18(2,15)16/h4-7,11,13-14H,3,8-9H2,1-2H3. The third-order valence-corrected chi connectivity index (χ3v) is 4.32. The van der Waals surface area contributed by atoms with Crippen molar-refractivity contribution >= 4 is 9.84 Å². The van der Waals surface area contributed by atoms with E-state index in [1.54, 1.807) is 12.1 Å². The summed E-state index contributed by atoms with van der Waals surface area (Å²) in [6.45, 7) is 3.75. The quantitative estimate of drug-likeness (QED) is 0.904. The van der Waals surface area contributed by atoms with Crippen LogP contribution in [0, 0.1) is 0 Å². The average Bonchev–Trinajstić information content (AvgIpc) is 2.38. The molecule has 1 aliphatic rings. The van der Waals surface area contributed by atoms with Crippen molar-refractivity contribution in [2.45, 2.75) is 30.4 Å². The molecule has 1 N–H and O–H groups in total. The van der Waals surface area contributed by atoms with E-state index in [1.165, 1.54) is 6.26 Å². The summed E-state index contributed by atoms with van der Waals surface area (Å²) in [6, 6.07) is 6.95. The highest BCUT2D eigenvalue weighted by atomic mass is 32.2. The minimum absolute atomic E-state index is 0.0114. The molecule has 18 heavy (non-hydrogen) atoms. The minimum Gasteiger partial charge on any atom is -0.368 e. The van der Waals surface area contributed by atoms with Gasteiger partial charge in [-0.3, -0.25) is 0 Å². The van der Waals surface area contributed by atoms with Crippen LogP contribution >= 0.6 is 0 Å². The van der Waals surface area contributed by atoms with Gasteiger partial charge in [0, 0.05) is 19.3 Å². The van der Waals surface area contributed by atoms with E-state index in [0.29, 0.717) is 4.90 Å². The number of hydrogen-bond acceptors (Lipinski definition) is 4. The maximum Gasteiger partial charge on any atom is 0.175 e. The summed E-state index contributed by atoms with van der Waals surface area (Å²) in [5.41, 5.74) is 1.02. The molecule has 1 fully saturated rings. The van der Waals surface area contributed by atoms with Gasteiger partial charge in [-0.25, -0.2) is 8.42 Å². The maximum absolute atomic E-state index is 11.4. The largest absolute Gasteiger partial charge is 0.368 e. The van der Waals surface area contributed by atoms with E-state index >= 15 is 0 Å². The predicted octanol–water partition coefficient (Wildman–Crippen LogP) is 1.53. The molecular formula is C13H19NO3S. The van der Waals surface area contributed by atoms with Crippen LogP contribution < -0.4 is 5.32 Å². The van der Waals surface area contributed by atoms with E-state index in [0.717, 1.165) is 25.1 Å². The highest BCUT2D eigenvalue weighted by Crippen LogP contribution is 2.23. The van der Waals surface area contributed by atoms with Crippen LogP contribution in [-0.4, -0.2) is 33.9 Å². The molecule has 0 aliphatic carbocycles. The third kappa shape index (κ3) is 3.10. The van der Waals surface area contributed by atoms with Crippen molar-refractivity contribution in [1.82, 2.24) is 5.32 Å². The molecule has 2 unspecified atom stereocenters. The first-order valence-corrected chi connectivity index (χ1v) is 8.06. The first kappa shape index (κ1) is 13.5. The SMILES string of the molecule is CCC1CNCC(c2ccc(S(C)(=O)=O)cc2)O1. The molecule has 0 radical (unpaired) electrons. The fraction of sp³-hybridized carbons (Fsp3) is 0.538. The van der Waals surface area contributed by atoms with Crippen molar-refractivity contribution in [3.8, 4) is 0 Å². The zero-order valence-corrected chi connectivity index (χ0v) is 11.5. The lowest BCUT2D eigenvalue weighted by Crippen LogP contribution is -2.40. The van der Waals surface area contributed by atoms with Gasteiger partial charge in [0.25, 0.3) is 0 Å². The Kier molecular flexibility index (Phi) is 4.04. The fourth-order valence-corrected chi connectivity index (χ4v) is 2.70. The Morgan fingerprint density at radius 1 is 1.28 bits per heavy atom. The highest BCUT2D eigenvalue weighted by molar-refractivity contribution is 7.90. The molecular weight excluding hydrogens is 250 g/mol. The van der Waals surface area contributed by atoms with E-state index in [4.69, 9.17) is 4.74 Å². The lowest BCUT2D eigenvalue weighted by Gasteiger charge is -2.30. The van der Waals surface area contributed by atoms with E-state index in [1.807, 2.05) is 12.1 Å². The van der Waals surface area contributed by atoms with E-state index < -0.39 is 9.84 Å². The van der Waals surface area contributed by atoms with Crippen LogP contribution in [0.25, 0.3) is 0 Å². The summed E-state index contributed by atoms with van der Waals surface area (Å²) in [6.07, 6.45) is 2.44. The van der Waals surface area contributed by atoms with Crippen LogP contribution in [0.3, 0.4) is 0 Å². The average molecular weight is 269 g/mol. The van der Waals surface area contributed by atoms with Crippen LogP contribution in [0.4, 0.5) is 0 Å². The number of benzene rings is 1. The molecule has 0 spiro atoms. The van der Waals surface area contributed by atoms with Crippen molar-refractivity contribution in [2.75, 3.05) is 19.3 Å². The lowest BCUT2D eigenvalue weighted by molar-refractivity contribution is -0.0400.